The molecule has 0 aliphatic carbocycles. The molecule has 1 unspecified atom stereocenters. The van der Waals surface area contributed by atoms with Crippen LogP contribution in [0.15, 0.2) is 24.3 Å². The fourth-order valence-corrected chi connectivity index (χ4v) is 2.59. The Kier molecular flexibility index (Phi) is 5.01. The van der Waals surface area contributed by atoms with Gasteiger partial charge < -0.3 is 15.4 Å². The van der Waals surface area contributed by atoms with Gasteiger partial charge >= 0.3 is 0 Å². The maximum Gasteiger partial charge on any atom is 0.223 e. The van der Waals surface area contributed by atoms with Crippen molar-refractivity contribution < 1.29 is 9.53 Å². The van der Waals surface area contributed by atoms with Crippen LogP contribution in [-0.2, 0) is 4.79 Å². The average molecular weight is 276 g/mol. The van der Waals surface area contributed by atoms with Crippen LogP contribution in [0.4, 0.5) is 0 Å². The van der Waals surface area contributed by atoms with Gasteiger partial charge in [0, 0.05) is 25.6 Å². The molecule has 1 aliphatic heterocycles. The number of likely N-dealkylation sites (tertiary alicyclic amines) is 1. The van der Waals surface area contributed by atoms with E-state index in [1.807, 2.05) is 29.2 Å². The van der Waals surface area contributed by atoms with Crippen molar-refractivity contribution in [3.05, 3.63) is 29.8 Å². The molecule has 1 amide bonds. The summed E-state index contributed by atoms with van der Waals surface area (Å²) in [6.45, 7) is 3.69. The largest absolute Gasteiger partial charge is 0.497 e. The summed E-state index contributed by atoms with van der Waals surface area (Å²) < 4.78 is 5.15. The number of carbonyl (C=O) groups is 1. The zero-order valence-corrected chi connectivity index (χ0v) is 12.3. The van der Waals surface area contributed by atoms with E-state index in [0.29, 0.717) is 6.42 Å². The van der Waals surface area contributed by atoms with Gasteiger partial charge in [-0.2, -0.15) is 0 Å². The second kappa shape index (κ2) is 6.75. The fraction of sp³-hybridized carbons (Fsp3) is 0.562. The third-order valence-corrected chi connectivity index (χ3v) is 4.06. The first-order valence-electron chi connectivity index (χ1n) is 7.27. The number of carbonyl (C=O) groups excluding carboxylic acids is 1. The molecule has 1 aliphatic rings. The molecule has 1 heterocycles. The topological polar surface area (TPSA) is 55.6 Å². The second-order valence-corrected chi connectivity index (χ2v) is 5.60. The van der Waals surface area contributed by atoms with Crippen molar-refractivity contribution in [2.75, 3.05) is 20.2 Å². The van der Waals surface area contributed by atoms with E-state index in [4.69, 9.17) is 10.5 Å². The van der Waals surface area contributed by atoms with Crippen LogP contribution in [0.1, 0.15) is 37.7 Å². The summed E-state index contributed by atoms with van der Waals surface area (Å²) >= 11 is 0. The number of rotatable bonds is 4. The molecule has 110 valence electrons. The molecule has 1 saturated heterocycles. The predicted octanol–water partition coefficient (Wildman–Crippen LogP) is 2.14. The van der Waals surface area contributed by atoms with E-state index in [-0.39, 0.29) is 17.9 Å². The van der Waals surface area contributed by atoms with Crippen molar-refractivity contribution in [3.8, 4) is 5.75 Å². The molecule has 1 aromatic carbocycles. The maximum absolute atomic E-state index is 12.3. The first-order valence-corrected chi connectivity index (χ1v) is 7.27. The fourth-order valence-electron chi connectivity index (χ4n) is 2.59. The van der Waals surface area contributed by atoms with Crippen molar-refractivity contribution in [2.24, 2.45) is 5.73 Å². The second-order valence-electron chi connectivity index (χ2n) is 5.60. The predicted molar refractivity (Wildman–Crippen MR) is 79.8 cm³/mol. The number of nitrogens with two attached hydrogens (primary N) is 1. The Balaban J connectivity index is 1.89. The summed E-state index contributed by atoms with van der Waals surface area (Å²) in [5.74, 6) is 1.31. The highest BCUT2D eigenvalue weighted by atomic mass is 16.5. The van der Waals surface area contributed by atoms with Crippen molar-refractivity contribution in [3.63, 3.8) is 0 Å². The molecule has 0 aromatic heterocycles. The number of hydrogen-bond acceptors (Lipinski definition) is 3. The molecule has 20 heavy (non-hydrogen) atoms. The molecule has 4 heteroatoms. The minimum absolute atomic E-state index is 0.226. The number of ether oxygens (including phenoxy) is 1. The Labute approximate surface area is 120 Å². The smallest absolute Gasteiger partial charge is 0.223 e. The Morgan fingerprint density at radius 1 is 1.35 bits per heavy atom. The Morgan fingerprint density at radius 2 is 1.95 bits per heavy atom. The highest BCUT2D eigenvalue weighted by Crippen LogP contribution is 2.23. The third-order valence-electron chi connectivity index (χ3n) is 4.06. The van der Waals surface area contributed by atoms with Gasteiger partial charge in [-0.15, -0.1) is 0 Å². The average Bonchev–Trinajstić information content (AvgIpc) is 2.48. The molecule has 4 nitrogen and oxygen atoms in total. The molecular formula is C16H24N2O2. The monoisotopic (exact) mass is 276 g/mol. The molecule has 0 spiro atoms. The van der Waals surface area contributed by atoms with Gasteiger partial charge in [-0.1, -0.05) is 19.1 Å². The van der Waals surface area contributed by atoms with Crippen LogP contribution in [0, 0.1) is 0 Å². The van der Waals surface area contributed by atoms with Gasteiger partial charge in [0.1, 0.15) is 5.75 Å². The van der Waals surface area contributed by atoms with Gasteiger partial charge in [-0.05, 0) is 36.5 Å². The molecule has 2 rings (SSSR count). The number of amides is 1. The van der Waals surface area contributed by atoms with E-state index in [2.05, 4.69) is 6.92 Å². The van der Waals surface area contributed by atoms with Crippen molar-refractivity contribution in [1.29, 1.82) is 0 Å². The summed E-state index contributed by atoms with van der Waals surface area (Å²) in [7, 11) is 1.66. The van der Waals surface area contributed by atoms with E-state index >= 15 is 0 Å². The van der Waals surface area contributed by atoms with E-state index in [0.717, 1.165) is 31.7 Å². The summed E-state index contributed by atoms with van der Waals surface area (Å²) in [5, 5.41) is 0. The Hall–Kier alpha value is -1.55. The zero-order chi connectivity index (χ0) is 14.5. The molecule has 2 N–H and O–H groups in total. The Morgan fingerprint density at radius 3 is 2.50 bits per heavy atom. The summed E-state index contributed by atoms with van der Waals surface area (Å²) in [5.41, 5.74) is 7.04. The molecule has 0 saturated carbocycles. The lowest BCUT2D eigenvalue weighted by molar-refractivity contribution is -0.132. The van der Waals surface area contributed by atoms with Gasteiger partial charge in [-0.25, -0.2) is 0 Å². The lowest BCUT2D eigenvalue weighted by Gasteiger charge is -2.31. The van der Waals surface area contributed by atoms with Gasteiger partial charge in [0.2, 0.25) is 5.91 Å². The van der Waals surface area contributed by atoms with Gasteiger partial charge in [-0.3, -0.25) is 4.79 Å². The number of hydrogen-bond donors (Lipinski definition) is 1. The number of piperidine rings is 1. The molecule has 1 fully saturated rings. The highest BCUT2D eigenvalue weighted by Gasteiger charge is 2.22. The Bertz CT molecular complexity index is 436. The maximum atomic E-state index is 12.3. The molecule has 1 atom stereocenters. The minimum Gasteiger partial charge on any atom is -0.497 e. The first kappa shape index (κ1) is 14.9. The first-order chi connectivity index (χ1) is 9.60. The van der Waals surface area contributed by atoms with Crippen molar-refractivity contribution in [2.45, 2.75) is 38.1 Å². The molecular weight excluding hydrogens is 252 g/mol. The SMILES string of the molecule is COc1ccc(C(C)CC(=O)N2CCC(N)CC2)cc1. The lowest BCUT2D eigenvalue weighted by Crippen LogP contribution is -2.43. The lowest BCUT2D eigenvalue weighted by atomic mass is 9.96. The van der Waals surface area contributed by atoms with Crippen LogP contribution in [0.25, 0.3) is 0 Å². The van der Waals surface area contributed by atoms with Crippen molar-refractivity contribution in [1.82, 2.24) is 4.90 Å². The molecule has 1 aromatic rings. The summed E-state index contributed by atoms with van der Waals surface area (Å²) in [6, 6.07) is 8.20. The standard InChI is InChI=1S/C16H24N2O2/c1-12(13-3-5-15(20-2)6-4-13)11-16(19)18-9-7-14(17)8-10-18/h3-6,12,14H,7-11,17H2,1-2H3. The van der Waals surface area contributed by atoms with Crippen LogP contribution >= 0.6 is 0 Å². The quantitative estimate of drug-likeness (QED) is 0.916. The molecule has 0 radical (unpaired) electrons. The van der Waals surface area contributed by atoms with E-state index in [9.17, 15) is 4.79 Å². The minimum atomic E-state index is 0.226. The van der Waals surface area contributed by atoms with Crippen LogP contribution in [-0.4, -0.2) is 37.0 Å². The van der Waals surface area contributed by atoms with Crippen LogP contribution in [0.5, 0.6) is 5.75 Å². The van der Waals surface area contributed by atoms with E-state index < -0.39 is 0 Å². The van der Waals surface area contributed by atoms with E-state index in [1.54, 1.807) is 7.11 Å². The number of methoxy groups -OCH3 is 1. The summed E-state index contributed by atoms with van der Waals surface area (Å²) in [4.78, 5) is 14.2. The van der Waals surface area contributed by atoms with Crippen LogP contribution in [0.2, 0.25) is 0 Å². The highest BCUT2D eigenvalue weighted by molar-refractivity contribution is 5.77. The molecule has 0 bridgehead atoms. The van der Waals surface area contributed by atoms with Gasteiger partial charge in [0.05, 0.1) is 7.11 Å². The number of benzene rings is 1. The zero-order valence-electron chi connectivity index (χ0n) is 12.3. The number of nitrogens with zero attached hydrogens (tertiary/aromatic N) is 1. The third kappa shape index (κ3) is 3.73. The normalized spacial score (nSPS) is 17.9. The van der Waals surface area contributed by atoms with Gasteiger partial charge in [0.15, 0.2) is 0 Å². The summed E-state index contributed by atoms with van der Waals surface area (Å²) in [6.07, 6.45) is 2.40. The van der Waals surface area contributed by atoms with Crippen molar-refractivity contribution >= 4 is 5.91 Å². The van der Waals surface area contributed by atoms with Crippen LogP contribution < -0.4 is 10.5 Å². The van der Waals surface area contributed by atoms with Crippen LogP contribution in [0.3, 0.4) is 0 Å². The van der Waals surface area contributed by atoms with E-state index in [1.165, 1.54) is 5.56 Å². The van der Waals surface area contributed by atoms with Gasteiger partial charge in [0.25, 0.3) is 0 Å².